The van der Waals surface area contributed by atoms with Crippen LogP contribution in [0.4, 0.5) is 13.2 Å². The topological polar surface area (TPSA) is 0 Å². The largest absolute Gasteiger partial charge is 0.225 e. The molecule has 1 aromatic carbocycles. The van der Waals surface area contributed by atoms with Gasteiger partial charge in [-0.05, 0) is 35.9 Å². The Morgan fingerprint density at radius 2 is 1.58 bits per heavy atom. The standard InChI is InChI=1S/C8H4ClF3/c9-8(12)7(11)5-1-3-6(10)4-2-5/h1-4H/b8-7-. The quantitative estimate of drug-likeness (QED) is 0.638. The van der Waals surface area contributed by atoms with Crippen LogP contribution in [0.25, 0.3) is 5.83 Å². The van der Waals surface area contributed by atoms with Crippen molar-refractivity contribution in [2.24, 2.45) is 0 Å². The van der Waals surface area contributed by atoms with Crippen LogP contribution < -0.4 is 0 Å². The lowest BCUT2D eigenvalue weighted by atomic mass is 10.2. The normalized spacial score (nSPS) is 12.7. The van der Waals surface area contributed by atoms with Crippen LogP contribution in [0.5, 0.6) is 0 Å². The lowest BCUT2D eigenvalue weighted by Crippen LogP contribution is -1.79. The molecule has 1 rings (SSSR count). The van der Waals surface area contributed by atoms with Crippen molar-refractivity contribution in [3.05, 3.63) is 40.9 Å². The average molecular weight is 193 g/mol. The number of hydrogen-bond acceptors (Lipinski definition) is 0. The summed E-state index contributed by atoms with van der Waals surface area (Å²) < 4.78 is 37.0. The van der Waals surface area contributed by atoms with Crippen LogP contribution in [-0.4, -0.2) is 0 Å². The first kappa shape index (κ1) is 9.13. The molecular weight excluding hydrogens is 189 g/mol. The molecule has 0 spiro atoms. The summed E-state index contributed by atoms with van der Waals surface area (Å²) in [5.41, 5.74) is -0.0797. The zero-order valence-corrected chi connectivity index (χ0v) is 6.58. The predicted molar refractivity (Wildman–Crippen MR) is 41.4 cm³/mol. The van der Waals surface area contributed by atoms with E-state index < -0.39 is 16.9 Å². The maximum absolute atomic E-state index is 12.6. The van der Waals surface area contributed by atoms with Crippen molar-refractivity contribution in [2.45, 2.75) is 0 Å². The fraction of sp³-hybridized carbons (Fsp3) is 0. The van der Waals surface area contributed by atoms with E-state index in [1.54, 1.807) is 0 Å². The third kappa shape index (κ3) is 2.01. The Bertz CT molecular complexity index is 299. The van der Waals surface area contributed by atoms with E-state index in [1.807, 2.05) is 0 Å². The van der Waals surface area contributed by atoms with Gasteiger partial charge < -0.3 is 0 Å². The van der Waals surface area contributed by atoms with E-state index in [0.717, 1.165) is 24.3 Å². The summed E-state index contributed by atoms with van der Waals surface area (Å²) in [4.78, 5) is 0. The molecule has 1 aromatic rings. The summed E-state index contributed by atoms with van der Waals surface area (Å²) in [6.07, 6.45) is 0. The minimum atomic E-state index is -1.43. The minimum absolute atomic E-state index is 0.0797. The molecule has 0 aliphatic carbocycles. The van der Waals surface area contributed by atoms with Crippen molar-refractivity contribution in [1.82, 2.24) is 0 Å². The van der Waals surface area contributed by atoms with Gasteiger partial charge in [0.15, 0.2) is 5.83 Å². The molecule has 0 aliphatic rings. The molecule has 12 heavy (non-hydrogen) atoms. The van der Waals surface area contributed by atoms with Crippen LogP contribution >= 0.6 is 11.6 Å². The highest BCUT2D eigenvalue weighted by molar-refractivity contribution is 6.30. The zero-order valence-electron chi connectivity index (χ0n) is 5.82. The van der Waals surface area contributed by atoms with Crippen LogP contribution in [-0.2, 0) is 0 Å². The summed E-state index contributed by atoms with van der Waals surface area (Å²) in [6.45, 7) is 0. The van der Waals surface area contributed by atoms with E-state index in [2.05, 4.69) is 0 Å². The molecule has 0 saturated heterocycles. The maximum atomic E-state index is 12.6. The van der Waals surface area contributed by atoms with Gasteiger partial charge in [-0.25, -0.2) is 8.78 Å². The molecule has 0 heterocycles. The van der Waals surface area contributed by atoms with Crippen LogP contribution in [0.2, 0.25) is 0 Å². The highest BCUT2D eigenvalue weighted by Gasteiger charge is 2.05. The van der Waals surface area contributed by atoms with E-state index in [0.29, 0.717) is 0 Å². The van der Waals surface area contributed by atoms with Gasteiger partial charge in [0.1, 0.15) is 5.82 Å². The second-order valence-corrected chi connectivity index (χ2v) is 2.41. The van der Waals surface area contributed by atoms with Gasteiger partial charge in [-0.1, -0.05) is 0 Å². The van der Waals surface area contributed by atoms with Crippen molar-refractivity contribution in [2.75, 3.05) is 0 Å². The molecule has 0 nitrogen and oxygen atoms in total. The van der Waals surface area contributed by atoms with Gasteiger partial charge in [-0.3, -0.25) is 0 Å². The number of benzene rings is 1. The van der Waals surface area contributed by atoms with E-state index >= 15 is 0 Å². The smallest absolute Gasteiger partial charge is 0.207 e. The van der Waals surface area contributed by atoms with E-state index in [1.165, 1.54) is 0 Å². The Morgan fingerprint density at radius 1 is 1.08 bits per heavy atom. The third-order valence-corrected chi connectivity index (χ3v) is 1.43. The molecule has 0 fully saturated rings. The molecule has 0 amide bonds. The van der Waals surface area contributed by atoms with Crippen molar-refractivity contribution >= 4 is 17.4 Å². The minimum Gasteiger partial charge on any atom is -0.207 e. The van der Waals surface area contributed by atoms with E-state index in [4.69, 9.17) is 11.6 Å². The third-order valence-electron chi connectivity index (χ3n) is 1.26. The number of hydrogen-bond donors (Lipinski definition) is 0. The number of halogens is 4. The molecule has 0 aromatic heterocycles. The first-order chi connectivity index (χ1) is 5.61. The van der Waals surface area contributed by atoms with Crippen molar-refractivity contribution < 1.29 is 13.2 Å². The van der Waals surface area contributed by atoms with E-state index in [-0.39, 0.29) is 5.56 Å². The summed E-state index contributed by atoms with van der Waals surface area (Å²) in [6, 6.07) is 4.25. The average Bonchev–Trinajstić information content (AvgIpc) is 2.04. The maximum Gasteiger partial charge on any atom is 0.225 e. The van der Waals surface area contributed by atoms with E-state index in [9.17, 15) is 13.2 Å². The monoisotopic (exact) mass is 192 g/mol. The molecule has 0 atom stereocenters. The van der Waals surface area contributed by atoms with Crippen LogP contribution in [0.3, 0.4) is 0 Å². The summed E-state index contributed by atoms with van der Waals surface area (Å²) in [5, 5.41) is -1.43. The zero-order chi connectivity index (χ0) is 9.14. The molecule has 0 N–H and O–H groups in total. The van der Waals surface area contributed by atoms with Gasteiger partial charge in [0.25, 0.3) is 0 Å². The van der Waals surface area contributed by atoms with Gasteiger partial charge in [-0.15, -0.1) is 0 Å². The SMILES string of the molecule is F/C(Cl)=C(\F)c1ccc(F)cc1. The summed E-state index contributed by atoms with van der Waals surface area (Å²) >= 11 is 4.75. The predicted octanol–water partition coefficient (Wildman–Crippen LogP) is 3.63. The van der Waals surface area contributed by atoms with Crippen LogP contribution in [0, 0.1) is 5.82 Å². The van der Waals surface area contributed by atoms with Crippen molar-refractivity contribution in [3.63, 3.8) is 0 Å². The van der Waals surface area contributed by atoms with Gasteiger partial charge in [0.05, 0.1) is 0 Å². The highest BCUT2D eigenvalue weighted by Crippen LogP contribution is 2.23. The Labute approximate surface area is 72.3 Å². The van der Waals surface area contributed by atoms with Gasteiger partial charge in [0, 0.05) is 5.56 Å². The highest BCUT2D eigenvalue weighted by atomic mass is 35.5. The molecule has 64 valence electrons. The fourth-order valence-electron chi connectivity index (χ4n) is 0.705. The Hall–Kier alpha value is -0.960. The van der Waals surface area contributed by atoms with Gasteiger partial charge >= 0.3 is 0 Å². The summed E-state index contributed by atoms with van der Waals surface area (Å²) in [5.74, 6) is -1.70. The number of rotatable bonds is 1. The molecular formula is C8H4ClF3. The Morgan fingerprint density at radius 3 is 2.00 bits per heavy atom. The molecule has 0 radical (unpaired) electrons. The second kappa shape index (κ2) is 3.63. The Kier molecular flexibility index (Phi) is 2.76. The first-order valence-corrected chi connectivity index (χ1v) is 3.46. The fourth-order valence-corrected chi connectivity index (χ4v) is 0.814. The lowest BCUT2D eigenvalue weighted by molar-refractivity contribution is 0.626. The second-order valence-electron chi connectivity index (χ2n) is 2.08. The molecule has 0 saturated carbocycles. The van der Waals surface area contributed by atoms with Gasteiger partial charge in [0.2, 0.25) is 5.29 Å². The first-order valence-electron chi connectivity index (χ1n) is 3.08. The summed E-state index contributed by atoms with van der Waals surface area (Å²) in [7, 11) is 0. The van der Waals surface area contributed by atoms with Gasteiger partial charge in [-0.2, -0.15) is 4.39 Å². The molecule has 0 aliphatic heterocycles. The van der Waals surface area contributed by atoms with Crippen molar-refractivity contribution in [3.8, 4) is 0 Å². The molecule has 0 bridgehead atoms. The van der Waals surface area contributed by atoms with Crippen molar-refractivity contribution in [1.29, 1.82) is 0 Å². The molecule has 4 heteroatoms. The van der Waals surface area contributed by atoms with Crippen LogP contribution in [0.1, 0.15) is 5.56 Å². The Balaban J connectivity index is 3.06. The molecule has 0 unspecified atom stereocenters. The van der Waals surface area contributed by atoms with Crippen LogP contribution in [0.15, 0.2) is 29.6 Å². The lowest BCUT2D eigenvalue weighted by Gasteiger charge is -1.95.